The van der Waals surface area contributed by atoms with Crippen molar-refractivity contribution in [1.29, 1.82) is 0 Å². The second kappa shape index (κ2) is 5.25. The zero-order chi connectivity index (χ0) is 13.9. The number of nitrogens with zero attached hydrogens (tertiary/aromatic N) is 2. The van der Waals surface area contributed by atoms with E-state index >= 15 is 0 Å². The van der Waals surface area contributed by atoms with Gasteiger partial charge < -0.3 is 26.8 Å². The van der Waals surface area contributed by atoms with Crippen LogP contribution in [-0.2, 0) is 0 Å². The van der Waals surface area contributed by atoms with Crippen LogP contribution in [0.1, 0.15) is 12.8 Å². The predicted octanol–water partition coefficient (Wildman–Crippen LogP) is 0.413. The van der Waals surface area contributed by atoms with Crippen LogP contribution in [0.4, 0.5) is 11.8 Å². The van der Waals surface area contributed by atoms with Gasteiger partial charge in [-0.05, 0) is 24.8 Å². The molecule has 0 saturated heterocycles. The Labute approximate surface area is 116 Å². The van der Waals surface area contributed by atoms with Crippen molar-refractivity contribution in [3.8, 4) is 0 Å². The number of rotatable bonds is 6. The lowest BCUT2D eigenvalue weighted by Crippen LogP contribution is -2.20. The van der Waals surface area contributed by atoms with Gasteiger partial charge in [-0.2, -0.15) is 9.97 Å². The van der Waals surface area contributed by atoms with E-state index in [1.54, 1.807) is 0 Å². The first-order valence-electron chi connectivity index (χ1n) is 6.54. The topological polar surface area (TPSA) is 130 Å². The van der Waals surface area contributed by atoms with Crippen LogP contribution >= 0.6 is 0 Å². The fraction of sp³-hybridized carbons (Fsp3) is 0.333. The molecule has 2 aromatic rings. The monoisotopic (exact) mass is 274 g/mol. The number of nitrogens with one attached hydrogen (secondary N) is 4. The van der Waals surface area contributed by atoms with E-state index in [9.17, 15) is 0 Å². The smallest absolute Gasteiger partial charge is 0.232 e. The molecule has 20 heavy (non-hydrogen) atoms. The van der Waals surface area contributed by atoms with E-state index in [0.717, 1.165) is 29.3 Å². The zero-order valence-corrected chi connectivity index (χ0v) is 11.0. The Bertz CT molecular complexity index is 627. The summed E-state index contributed by atoms with van der Waals surface area (Å²) in [6, 6.07) is 1.95. The molecule has 1 aliphatic rings. The molecule has 0 aromatic carbocycles. The molecule has 8 nitrogen and oxygen atoms in total. The van der Waals surface area contributed by atoms with Crippen molar-refractivity contribution < 1.29 is 0 Å². The van der Waals surface area contributed by atoms with Crippen molar-refractivity contribution in [2.24, 2.45) is 17.5 Å². The number of aromatic amines is 1. The molecule has 0 radical (unpaired) electrons. The van der Waals surface area contributed by atoms with Gasteiger partial charge in [0.15, 0.2) is 0 Å². The van der Waals surface area contributed by atoms with Crippen LogP contribution in [0.25, 0.3) is 11.0 Å². The van der Waals surface area contributed by atoms with E-state index < -0.39 is 0 Å². The minimum Gasteiger partial charge on any atom is -0.384 e. The highest BCUT2D eigenvalue weighted by molar-refractivity contribution is 5.88. The molecule has 0 unspecified atom stereocenters. The molecule has 0 aliphatic heterocycles. The Morgan fingerprint density at radius 1 is 1.45 bits per heavy atom. The van der Waals surface area contributed by atoms with Crippen LogP contribution in [0.15, 0.2) is 24.3 Å². The van der Waals surface area contributed by atoms with Gasteiger partial charge in [-0.1, -0.05) is 0 Å². The van der Waals surface area contributed by atoms with E-state index in [1.165, 1.54) is 19.0 Å². The number of hydrazine groups is 1. The van der Waals surface area contributed by atoms with Crippen LogP contribution in [0.3, 0.4) is 0 Å². The number of fused-ring (bicyclic) bond motifs is 1. The number of anilines is 2. The van der Waals surface area contributed by atoms with Gasteiger partial charge in [0.2, 0.25) is 5.95 Å². The quantitative estimate of drug-likeness (QED) is 0.332. The highest BCUT2D eigenvalue weighted by Crippen LogP contribution is 2.30. The Morgan fingerprint density at radius 2 is 2.30 bits per heavy atom. The van der Waals surface area contributed by atoms with Crippen molar-refractivity contribution in [2.45, 2.75) is 12.8 Å². The highest BCUT2D eigenvalue weighted by Gasteiger charge is 2.21. The molecular weight excluding hydrogens is 256 g/mol. The molecule has 0 spiro atoms. The van der Waals surface area contributed by atoms with Crippen LogP contribution in [-0.4, -0.2) is 21.5 Å². The molecule has 1 saturated carbocycles. The minimum absolute atomic E-state index is 0.339. The number of aromatic nitrogens is 3. The molecule has 1 aliphatic carbocycles. The molecule has 0 amide bonds. The molecular formula is C12H18N8. The third-order valence-electron chi connectivity index (χ3n) is 3.17. The van der Waals surface area contributed by atoms with Gasteiger partial charge in [-0.3, -0.25) is 5.84 Å². The van der Waals surface area contributed by atoms with Crippen molar-refractivity contribution in [3.63, 3.8) is 0 Å². The predicted molar refractivity (Wildman–Crippen MR) is 78.3 cm³/mol. The highest BCUT2D eigenvalue weighted by atomic mass is 15.2. The maximum atomic E-state index is 5.71. The number of H-pyrrole nitrogens is 1. The van der Waals surface area contributed by atoms with Crippen LogP contribution < -0.4 is 27.6 Å². The SMILES string of the molecule is NN/C=C(\N)Nc1nc(NCC2CC2)c2cc[nH]c2n1. The van der Waals surface area contributed by atoms with E-state index in [0.29, 0.717) is 11.8 Å². The first-order chi connectivity index (χ1) is 9.76. The summed E-state index contributed by atoms with van der Waals surface area (Å²) >= 11 is 0. The van der Waals surface area contributed by atoms with Crippen LogP contribution in [0, 0.1) is 5.92 Å². The summed E-state index contributed by atoms with van der Waals surface area (Å²) in [4.78, 5) is 11.9. The van der Waals surface area contributed by atoms with Crippen molar-refractivity contribution in [3.05, 3.63) is 24.3 Å². The van der Waals surface area contributed by atoms with Gasteiger partial charge in [-0.15, -0.1) is 0 Å². The normalized spacial score (nSPS) is 15.3. The lowest BCUT2D eigenvalue weighted by Gasteiger charge is -2.09. The molecule has 2 heterocycles. The largest absolute Gasteiger partial charge is 0.384 e. The lowest BCUT2D eigenvalue weighted by molar-refractivity contribution is 0.883. The number of nitrogens with two attached hydrogens (primary N) is 2. The van der Waals surface area contributed by atoms with Gasteiger partial charge >= 0.3 is 0 Å². The fourth-order valence-corrected chi connectivity index (χ4v) is 1.95. The van der Waals surface area contributed by atoms with E-state index in [4.69, 9.17) is 11.6 Å². The molecule has 0 atom stereocenters. The van der Waals surface area contributed by atoms with Gasteiger partial charge in [0, 0.05) is 12.7 Å². The molecule has 0 bridgehead atoms. The summed E-state index contributed by atoms with van der Waals surface area (Å²) in [6.07, 6.45) is 5.85. The summed E-state index contributed by atoms with van der Waals surface area (Å²) in [5.74, 6) is 7.50. The maximum absolute atomic E-state index is 5.71. The Morgan fingerprint density at radius 3 is 3.05 bits per heavy atom. The first kappa shape index (κ1) is 12.5. The Hall–Kier alpha value is -2.48. The van der Waals surface area contributed by atoms with Gasteiger partial charge in [0.1, 0.15) is 17.3 Å². The zero-order valence-electron chi connectivity index (χ0n) is 11.0. The Balaban J connectivity index is 1.86. The molecule has 1 fully saturated rings. The van der Waals surface area contributed by atoms with Crippen LogP contribution in [0.2, 0.25) is 0 Å². The van der Waals surface area contributed by atoms with E-state index in [2.05, 4.69) is 31.0 Å². The maximum Gasteiger partial charge on any atom is 0.232 e. The third kappa shape index (κ3) is 2.75. The van der Waals surface area contributed by atoms with Crippen molar-refractivity contribution in [2.75, 3.05) is 17.2 Å². The van der Waals surface area contributed by atoms with E-state index in [1.807, 2.05) is 12.3 Å². The number of hydrogen-bond acceptors (Lipinski definition) is 7. The molecule has 8 heteroatoms. The summed E-state index contributed by atoms with van der Waals surface area (Å²) in [7, 11) is 0. The first-order valence-corrected chi connectivity index (χ1v) is 6.54. The average Bonchev–Trinajstić information content (AvgIpc) is 3.12. The summed E-state index contributed by atoms with van der Waals surface area (Å²) in [6.45, 7) is 0.937. The van der Waals surface area contributed by atoms with E-state index in [-0.39, 0.29) is 0 Å². The second-order valence-corrected chi connectivity index (χ2v) is 4.85. The third-order valence-corrected chi connectivity index (χ3v) is 3.17. The number of hydrogen-bond donors (Lipinski definition) is 6. The molecule has 3 rings (SSSR count). The summed E-state index contributed by atoms with van der Waals surface area (Å²) in [5.41, 5.74) is 8.83. The molecule has 2 aromatic heterocycles. The lowest BCUT2D eigenvalue weighted by atomic mass is 10.3. The van der Waals surface area contributed by atoms with Gasteiger partial charge in [-0.25, -0.2) is 0 Å². The van der Waals surface area contributed by atoms with Gasteiger partial charge in [0.05, 0.1) is 11.6 Å². The molecule has 8 N–H and O–H groups in total. The van der Waals surface area contributed by atoms with Crippen molar-refractivity contribution in [1.82, 2.24) is 20.4 Å². The second-order valence-electron chi connectivity index (χ2n) is 4.85. The van der Waals surface area contributed by atoms with Crippen molar-refractivity contribution >= 4 is 22.8 Å². The van der Waals surface area contributed by atoms with Gasteiger partial charge in [0.25, 0.3) is 0 Å². The molecule has 106 valence electrons. The summed E-state index contributed by atoms with van der Waals surface area (Å²) in [5, 5.41) is 7.22. The van der Waals surface area contributed by atoms with Crippen LogP contribution in [0.5, 0.6) is 0 Å². The fourth-order valence-electron chi connectivity index (χ4n) is 1.95. The average molecular weight is 274 g/mol. The minimum atomic E-state index is 0.339. The Kier molecular flexibility index (Phi) is 3.30. The standard InChI is InChI=1S/C12H18N8/c13-9(6-17-14)18-12-19-10-8(3-4-15-10)11(20-12)16-5-7-1-2-7/h3-4,6-7,17H,1-2,5,13-14H2,(H3,15,16,18,19,20)/b9-6+. The summed E-state index contributed by atoms with van der Waals surface area (Å²) < 4.78 is 0.